The second-order valence-corrected chi connectivity index (χ2v) is 6.29. The molecule has 1 aliphatic carbocycles. The molecule has 1 heterocycles. The molecule has 0 aromatic heterocycles. The van der Waals surface area contributed by atoms with Crippen LogP contribution in [-0.4, -0.2) is 42.7 Å². The molecule has 3 atom stereocenters. The quantitative estimate of drug-likeness (QED) is 0.926. The molecule has 0 unspecified atom stereocenters. The number of phenols is 1. The highest BCUT2D eigenvalue weighted by molar-refractivity contribution is 5.83. The molecule has 114 valence electrons. The zero-order valence-corrected chi connectivity index (χ0v) is 12.5. The molecule has 1 saturated heterocycles. The van der Waals surface area contributed by atoms with Gasteiger partial charge >= 0.3 is 0 Å². The Labute approximate surface area is 125 Å². The summed E-state index contributed by atoms with van der Waals surface area (Å²) in [7, 11) is 1.72. The minimum Gasteiger partial charge on any atom is -0.508 e. The molecule has 1 saturated carbocycles. The second-order valence-electron chi connectivity index (χ2n) is 6.29. The van der Waals surface area contributed by atoms with Crippen molar-refractivity contribution in [2.24, 2.45) is 11.8 Å². The van der Waals surface area contributed by atoms with E-state index in [1.165, 1.54) is 0 Å². The van der Waals surface area contributed by atoms with Gasteiger partial charge in [0.1, 0.15) is 5.75 Å². The molecule has 1 aromatic carbocycles. The molecule has 4 nitrogen and oxygen atoms in total. The number of piperidine rings is 1. The van der Waals surface area contributed by atoms with Crippen LogP contribution in [0.15, 0.2) is 24.3 Å². The van der Waals surface area contributed by atoms with Gasteiger partial charge < -0.3 is 14.7 Å². The fourth-order valence-corrected chi connectivity index (χ4v) is 3.46. The fraction of sp³-hybridized carbons (Fsp3) is 0.588. The van der Waals surface area contributed by atoms with E-state index in [4.69, 9.17) is 4.74 Å². The molecule has 21 heavy (non-hydrogen) atoms. The lowest BCUT2D eigenvalue weighted by Crippen LogP contribution is -2.42. The number of aromatic hydroxyl groups is 1. The first-order valence-electron chi connectivity index (χ1n) is 7.75. The minimum absolute atomic E-state index is 0.105. The van der Waals surface area contributed by atoms with Crippen molar-refractivity contribution in [1.29, 1.82) is 0 Å². The van der Waals surface area contributed by atoms with E-state index in [2.05, 4.69) is 0 Å². The molecular weight excluding hydrogens is 266 g/mol. The van der Waals surface area contributed by atoms with E-state index < -0.39 is 0 Å². The van der Waals surface area contributed by atoms with Crippen LogP contribution < -0.4 is 0 Å². The largest absolute Gasteiger partial charge is 0.508 e. The van der Waals surface area contributed by atoms with Crippen molar-refractivity contribution in [3.8, 4) is 5.75 Å². The van der Waals surface area contributed by atoms with Crippen molar-refractivity contribution in [3.05, 3.63) is 29.8 Å². The van der Waals surface area contributed by atoms with Crippen LogP contribution in [0.3, 0.4) is 0 Å². The fourth-order valence-electron chi connectivity index (χ4n) is 3.46. The van der Waals surface area contributed by atoms with E-state index in [0.29, 0.717) is 5.92 Å². The third-order valence-corrected chi connectivity index (χ3v) is 4.64. The number of methoxy groups -OCH3 is 1. The molecule has 2 aliphatic rings. The maximum Gasteiger partial charge on any atom is 0.226 e. The number of hydrogen-bond donors (Lipinski definition) is 1. The Balaban J connectivity index is 1.59. The highest BCUT2D eigenvalue weighted by Crippen LogP contribution is 2.49. The van der Waals surface area contributed by atoms with Crippen molar-refractivity contribution in [2.45, 2.75) is 25.2 Å². The van der Waals surface area contributed by atoms with Gasteiger partial charge in [-0.25, -0.2) is 0 Å². The Kier molecular flexibility index (Phi) is 4.15. The average molecular weight is 289 g/mol. The number of nitrogens with zero attached hydrogens (tertiary/aromatic N) is 1. The second kappa shape index (κ2) is 6.06. The maximum absolute atomic E-state index is 12.6. The Hall–Kier alpha value is -1.55. The van der Waals surface area contributed by atoms with Gasteiger partial charge in [0, 0.05) is 26.1 Å². The molecule has 3 rings (SSSR count). The first-order valence-corrected chi connectivity index (χ1v) is 7.75. The van der Waals surface area contributed by atoms with Crippen molar-refractivity contribution in [1.82, 2.24) is 4.90 Å². The van der Waals surface area contributed by atoms with Crippen LogP contribution in [0.1, 0.15) is 30.7 Å². The van der Waals surface area contributed by atoms with E-state index in [9.17, 15) is 9.90 Å². The molecule has 2 fully saturated rings. The third-order valence-electron chi connectivity index (χ3n) is 4.64. The van der Waals surface area contributed by atoms with Gasteiger partial charge in [0.2, 0.25) is 5.91 Å². The van der Waals surface area contributed by atoms with Gasteiger partial charge in [-0.3, -0.25) is 4.79 Å². The third kappa shape index (κ3) is 3.21. The van der Waals surface area contributed by atoms with Crippen molar-refractivity contribution in [2.75, 3.05) is 26.8 Å². The van der Waals surface area contributed by atoms with Crippen LogP contribution >= 0.6 is 0 Å². The number of carbonyl (C=O) groups excluding carboxylic acids is 1. The molecule has 1 amide bonds. The van der Waals surface area contributed by atoms with Crippen molar-refractivity contribution in [3.63, 3.8) is 0 Å². The number of rotatable bonds is 4. The predicted octanol–water partition coefficient (Wildman–Crippen LogP) is 2.38. The zero-order chi connectivity index (χ0) is 14.8. The maximum atomic E-state index is 12.6. The van der Waals surface area contributed by atoms with Crippen molar-refractivity contribution < 1.29 is 14.6 Å². The molecule has 0 bridgehead atoms. The summed E-state index contributed by atoms with van der Waals surface area (Å²) < 4.78 is 5.22. The van der Waals surface area contributed by atoms with Gasteiger partial charge in [-0.15, -0.1) is 0 Å². The molecule has 4 heteroatoms. The minimum atomic E-state index is 0.105. The molecule has 1 aromatic rings. The normalized spacial score (nSPS) is 28.4. The molecule has 0 spiro atoms. The predicted molar refractivity (Wildman–Crippen MR) is 80.1 cm³/mol. The topological polar surface area (TPSA) is 49.8 Å². The Bertz CT molecular complexity index is 515. The van der Waals surface area contributed by atoms with E-state index in [0.717, 1.165) is 44.5 Å². The smallest absolute Gasteiger partial charge is 0.226 e. The lowest BCUT2D eigenvalue weighted by Gasteiger charge is -2.32. The number of hydrogen-bond acceptors (Lipinski definition) is 3. The highest BCUT2D eigenvalue weighted by atomic mass is 16.5. The van der Waals surface area contributed by atoms with E-state index >= 15 is 0 Å². The highest BCUT2D eigenvalue weighted by Gasteiger charge is 2.46. The number of amides is 1. The number of benzene rings is 1. The van der Waals surface area contributed by atoms with Crippen LogP contribution in [0, 0.1) is 11.8 Å². The standard InChI is InChI=1S/C17H23NO3/c1-21-11-12-4-3-7-18(10-12)17(20)16-9-15(16)13-5-2-6-14(19)8-13/h2,5-6,8,12,15-16,19H,3-4,7,9-11H2,1H3/t12-,15+,16+/m1/s1. The number of carbonyl (C=O) groups is 1. The summed E-state index contributed by atoms with van der Waals surface area (Å²) in [6, 6.07) is 7.30. The first kappa shape index (κ1) is 14.4. The first-order chi connectivity index (χ1) is 10.2. The SMILES string of the molecule is COC[C@@H]1CCCN(C(=O)[C@H]2C[C@H]2c2cccc(O)c2)C1. The van der Waals surface area contributed by atoms with Crippen LogP contribution in [0.5, 0.6) is 5.75 Å². The number of likely N-dealkylation sites (tertiary alicyclic amines) is 1. The van der Waals surface area contributed by atoms with Gasteiger partial charge in [0.05, 0.1) is 6.61 Å². The summed E-state index contributed by atoms with van der Waals surface area (Å²) in [5, 5.41) is 9.55. The zero-order valence-electron chi connectivity index (χ0n) is 12.5. The van der Waals surface area contributed by atoms with Crippen LogP contribution in [-0.2, 0) is 9.53 Å². The summed E-state index contributed by atoms with van der Waals surface area (Å²) in [6.45, 7) is 2.45. The van der Waals surface area contributed by atoms with Gasteiger partial charge in [0.25, 0.3) is 0 Å². The van der Waals surface area contributed by atoms with E-state index in [1.54, 1.807) is 19.2 Å². The van der Waals surface area contributed by atoms with Crippen LogP contribution in [0.2, 0.25) is 0 Å². The molecule has 1 N–H and O–H groups in total. The van der Waals surface area contributed by atoms with E-state index in [-0.39, 0.29) is 23.5 Å². The number of ether oxygens (including phenoxy) is 1. The lowest BCUT2D eigenvalue weighted by atomic mass is 9.98. The summed E-state index contributed by atoms with van der Waals surface area (Å²) >= 11 is 0. The lowest BCUT2D eigenvalue weighted by molar-refractivity contribution is -0.134. The van der Waals surface area contributed by atoms with Gasteiger partial charge in [0.15, 0.2) is 0 Å². The molecule has 1 aliphatic heterocycles. The number of phenolic OH excluding ortho intramolecular Hbond substituents is 1. The summed E-state index contributed by atoms with van der Waals surface area (Å²) in [5.74, 6) is 1.43. The Morgan fingerprint density at radius 2 is 2.33 bits per heavy atom. The van der Waals surface area contributed by atoms with Gasteiger partial charge in [-0.05, 0) is 48.8 Å². The average Bonchev–Trinajstić information content (AvgIpc) is 3.28. The summed E-state index contributed by atoms with van der Waals surface area (Å²) in [6.07, 6.45) is 3.13. The van der Waals surface area contributed by atoms with Crippen LogP contribution in [0.25, 0.3) is 0 Å². The Morgan fingerprint density at radius 3 is 3.10 bits per heavy atom. The van der Waals surface area contributed by atoms with E-state index in [1.807, 2.05) is 17.0 Å². The molecule has 0 radical (unpaired) electrons. The Morgan fingerprint density at radius 1 is 1.48 bits per heavy atom. The van der Waals surface area contributed by atoms with Gasteiger partial charge in [-0.2, -0.15) is 0 Å². The van der Waals surface area contributed by atoms with Gasteiger partial charge in [-0.1, -0.05) is 12.1 Å². The summed E-state index contributed by atoms with van der Waals surface area (Å²) in [5.41, 5.74) is 1.08. The monoisotopic (exact) mass is 289 g/mol. The van der Waals surface area contributed by atoms with Crippen molar-refractivity contribution >= 4 is 5.91 Å². The molecular formula is C17H23NO3. The summed E-state index contributed by atoms with van der Waals surface area (Å²) in [4.78, 5) is 14.6. The van der Waals surface area contributed by atoms with Crippen LogP contribution in [0.4, 0.5) is 0 Å².